The minimum absolute atomic E-state index is 0.0377. The quantitative estimate of drug-likeness (QED) is 0.854. The van der Waals surface area contributed by atoms with Crippen LogP contribution in [0.25, 0.3) is 0 Å². The van der Waals surface area contributed by atoms with Gasteiger partial charge in [-0.15, -0.1) is 0 Å². The minimum atomic E-state index is -0.0377. The van der Waals surface area contributed by atoms with Crippen molar-refractivity contribution in [2.24, 2.45) is 0 Å². The van der Waals surface area contributed by atoms with Gasteiger partial charge in [-0.1, -0.05) is 23.7 Å². The second kappa shape index (κ2) is 5.49. The zero-order chi connectivity index (χ0) is 14.0. The van der Waals surface area contributed by atoms with Gasteiger partial charge in [0.25, 0.3) is 5.91 Å². The summed E-state index contributed by atoms with van der Waals surface area (Å²) in [6.07, 6.45) is 0. The lowest BCUT2D eigenvalue weighted by molar-refractivity contribution is 0.0783. The van der Waals surface area contributed by atoms with Gasteiger partial charge in [0.1, 0.15) is 11.5 Å². The van der Waals surface area contributed by atoms with E-state index in [1.807, 2.05) is 31.2 Å². The van der Waals surface area contributed by atoms with E-state index in [2.05, 4.69) is 0 Å². The highest BCUT2D eigenvalue weighted by atomic mass is 35.5. The van der Waals surface area contributed by atoms with E-state index >= 15 is 0 Å². The molecule has 0 N–H and O–H groups in total. The van der Waals surface area contributed by atoms with Gasteiger partial charge in [0.15, 0.2) is 0 Å². The van der Waals surface area contributed by atoms with Crippen LogP contribution in [0.5, 0.6) is 0 Å². The average molecular weight is 278 g/mol. The number of benzene rings is 1. The molecule has 19 heavy (non-hydrogen) atoms. The number of halogens is 1. The molecular weight excluding hydrogens is 262 g/mol. The van der Waals surface area contributed by atoms with Crippen molar-refractivity contribution < 1.29 is 9.21 Å². The molecule has 0 fully saturated rings. The summed E-state index contributed by atoms with van der Waals surface area (Å²) in [6.45, 7) is 4.18. The van der Waals surface area contributed by atoms with Crippen LogP contribution >= 0.6 is 11.6 Å². The standard InChI is InChI=1S/C15H16ClNO2/c1-10-8-14(11(2)19-10)15(18)17(3)9-12-4-6-13(16)7-5-12/h4-8H,9H2,1-3H3. The summed E-state index contributed by atoms with van der Waals surface area (Å²) >= 11 is 5.84. The van der Waals surface area contributed by atoms with Crippen molar-refractivity contribution in [3.8, 4) is 0 Å². The summed E-state index contributed by atoms with van der Waals surface area (Å²) in [4.78, 5) is 14.0. The zero-order valence-corrected chi connectivity index (χ0v) is 12.0. The minimum Gasteiger partial charge on any atom is -0.466 e. The smallest absolute Gasteiger partial charge is 0.257 e. The van der Waals surface area contributed by atoms with Crippen LogP contribution in [0.3, 0.4) is 0 Å². The molecule has 0 bridgehead atoms. The third-order valence-corrected chi connectivity index (χ3v) is 3.20. The highest BCUT2D eigenvalue weighted by molar-refractivity contribution is 6.30. The van der Waals surface area contributed by atoms with Gasteiger partial charge in [-0.25, -0.2) is 0 Å². The van der Waals surface area contributed by atoms with E-state index in [0.29, 0.717) is 22.9 Å². The first-order valence-electron chi connectivity index (χ1n) is 6.04. The Morgan fingerprint density at radius 3 is 2.42 bits per heavy atom. The van der Waals surface area contributed by atoms with E-state index in [-0.39, 0.29) is 5.91 Å². The van der Waals surface area contributed by atoms with Crippen LogP contribution < -0.4 is 0 Å². The molecule has 1 aromatic heterocycles. The number of hydrogen-bond acceptors (Lipinski definition) is 2. The predicted molar refractivity (Wildman–Crippen MR) is 75.4 cm³/mol. The van der Waals surface area contributed by atoms with E-state index in [4.69, 9.17) is 16.0 Å². The normalized spacial score (nSPS) is 10.5. The van der Waals surface area contributed by atoms with Crippen molar-refractivity contribution in [2.75, 3.05) is 7.05 Å². The van der Waals surface area contributed by atoms with E-state index in [1.54, 1.807) is 24.9 Å². The number of hydrogen-bond donors (Lipinski definition) is 0. The number of amides is 1. The molecule has 0 saturated carbocycles. The summed E-state index contributed by atoms with van der Waals surface area (Å²) < 4.78 is 5.39. The first-order valence-corrected chi connectivity index (χ1v) is 6.42. The second-order valence-electron chi connectivity index (χ2n) is 4.61. The topological polar surface area (TPSA) is 33.5 Å². The van der Waals surface area contributed by atoms with Crippen molar-refractivity contribution in [3.05, 3.63) is 58.0 Å². The molecule has 1 amide bonds. The molecule has 3 nitrogen and oxygen atoms in total. The summed E-state index contributed by atoms with van der Waals surface area (Å²) in [5.41, 5.74) is 1.66. The van der Waals surface area contributed by atoms with E-state index in [1.165, 1.54) is 0 Å². The number of nitrogens with zero attached hydrogens (tertiary/aromatic N) is 1. The van der Waals surface area contributed by atoms with Gasteiger partial charge in [0.05, 0.1) is 5.56 Å². The van der Waals surface area contributed by atoms with Gasteiger partial charge in [-0.2, -0.15) is 0 Å². The molecule has 0 saturated heterocycles. The highest BCUT2D eigenvalue weighted by Gasteiger charge is 2.17. The molecule has 0 radical (unpaired) electrons. The molecule has 0 atom stereocenters. The fourth-order valence-electron chi connectivity index (χ4n) is 1.98. The van der Waals surface area contributed by atoms with Gasteiger partial charge in [-0.3, -0.25) is 4.79 Å². The van der Waals surface area contributed by atoms with Gasteiger partial charge in [-0.05, 0) is 37.6 Å². The fourth-order valence-corrected chi connectivity index (χ4v) is 2.11. The van der Waals surface area contributed by atoms with E-state index in [0.717, 1.165) is 11.3 Å². The molecule has 0 spiro atoms. The lowest BCUT2D eigenvalue weighted by Crippen LogP contribution is -2.26. The molecule has 0 aliphatic heterocycles. The molecule has 2 aromatic rings. The van der Waals surface area contributed by atoms with Gasteiger partial charge in [0.2, 0.25) is 0 Å². The maximum absolute atomic E-state index is 12.3. The lowest BCUT2D eigenvalue weighted by Gasteiger charge is -2.16. The maximum atomic E-state index is 12.3. The molecule has 1 heterocycles. The van der Waals surface area contributed by atoms with Crippen LogP contribution in [0.1, 0.15) is 27.4 Å². The molecule has 0 aliphatic carbocycles. The Morgan fingerprint density at radius 2 is 1.89 bits per heavy atom. The monoisotopic (exact) mass is 277 g/mol. The predicted octanol–water partition coefficient (Wildman–Crippen LogP) is 3.82. The van der Waals surface area contributed by atoms with Crippen molar-refractivity contribution in [1.29, 1.82) is 0 Å². The van der Waals surface area contributed by atoms with E-state index in [9.17, 15) is 4.79 Å². The van der Waals surface area contributed by atoms with Crippen LogP contribution in [-0.2, 0) is 6.54 Å². The Kier molecular flexibility index (Phi) is 3.96. The summed E-state index contributed by atoms with van der Waals surface area (Å²) in [5, 5.41) is 0.694. The Balaban J connectivity index is 2.11. The Bertz CT molecular complexity index is 587. The van der Waals surface area contributed by atoms with Gasteiger partial charge in [0, 0.05) is 18.6 Å². The lowest BCUT2D eigenvalue weighted by atomic mass is 10.2. The van der Waals surface area contributed by atoms with E-state index < -0.39 is 0 Å². The SMILES string of the molecule is Cc1cc(C(=O)N(C)Cc2ccc(Cl)cc2)c(C)o1. The Morgan fingerprint density at radius 1 is 1.26 bits per heavy atom. The first kappa shape index (κ1) is 13.7. The Hall–Kier alpha value is -1.74. The second-order valence-corrected chi connectivity index (χ2v) is 5.05. The van der Waals surface area contributed by atoms with Crippen LogP contribution in [0, 0.1) is 13.8 Å². The fraction of sp³-hybridized carbons (Fsp3) is 0.267. The van der Waals surface area contributed by atoms with Crippen molar-refractivity contribution in [3.63, 3.8) is 0 Å². The maximum Gasteiger partial charge on any atom is 0.257 e. The summed E-state index contributed by atoms with van der Waals surface area (Å²) in [5.74, 6) is 1.37. The number of furan rings is 1. The van der Waals surface area contributed by atoms with Crippen LogP contribution in [0.2, 0.25) is 5.02 Å². The Labute approximate surface area is 117 Å². The first-order chi connectivity index (χ1) is 8.97. The number of rotatable bonds is 3. The molecule has 4 heteroatoms. The molecule has 100 valence electrons. The average Bonchev–Trinajstić information content (AvgIpc) is 2.70. The van der Waals surface area contributed by atoms with Crippen molar-refractivity contribution >= 4 is 17.5 Å². The van der Waals surface area contributed by atoms with Crippen LogP contribution in [-0.4, -0.2) is 17.9 Å². The van der Waals surface area contributed by atoms with Crippen molar-refractivity contribution in [2.45, 2.75) is 20.4 Å². The molecule has 2 rings (SSSR count). The van der Waals surface area contributed by atoms with Crippen molar-refractivity contribution in [1.82, 2.24) is 4.90 Å². The molecule has 1 aromatic carbocycles. The third kappa shape index (κ3) is 3.18. The number of aryl methyl sites for hydroxylation is 2. The van der Waals surface area contributed by atoms with Gasteiger partial charge < -0.3 is 9.32 Å². The molecule has 0 aliphatic rings. The molecular formula is C15H16ClNO2. The highest BCUT2D eigenvalue weighted by Crippen LogP contribution is 2.17. The third-order valence-electron chi connectivity index (χ3n) is 2.95. The largest absolute Gasteiger partial charge is 0.466 e. The van der Waals surface area contributed by atoms with Crippen LogP contribution in [0.15, 0.2) is 34.7 Å². The zero-order valence-electron chi connectivity index (χ0n) is 11.2. The number of carbonyl (C=O) groups excluding carboxylic acids is 1. The van der Waals surface area contributed by atoms with Crippen LogP contribution in [0.4, 0.5) is 0 Å². The summed E-state index contributed by atoms with van der Waals surface area (Å²) in [7, 11) is 1.78. The summed E-state index contributed by atoms with van der Waals surface area (Å²) in [6, 6.07) is 9.25. The number of carbonyl (C=O) groups is 1. The van der Waals surface area contributed by atoms with Gasteiger partial charge >= 0.3 is 0 Å². The molecule has 0 unspecified atom stereocenters.